The summed E-state index contributed by atoms with van der Waals surface area (Å²) in [6.07, 6.45) is 2.64. The third kappa shape index (κ3) is 2.16. The molecule has 7 heteroatoms. The van der Waals surface area contributed by atoms with Crippen molar-refractivity contribution in [3.05, 3.63) is 23.7 Å². The molecule has 0 saturated heterocycles. The molecule has 1 saturated carbocycles. The summed E-state index contributed by atoms with van der Waals surface area (Å²) in [7, 11) is 0. The third-order valence-electron chi connectivity index (χ3n) is 4.16. The average Bonchev–Trinajstić information content (AvgIpc) is 3.15. The van der Waals surface area contributed by atoms with Crippen molar-refractivity contribution in [1.82, 2.24) is 15.1 Å². The first kappa shape index (κ1) is 12.7. The fourth-order valence-electron chi connectivity index (χ4n) is 3.08. The van der Waals surface area contributed by atoms with E-state index in [4.69, 9.17) is 4.52 Å². The summed E-state index contributed by atoms with van der Waals surface area (Å²) >= 11 is 0. The monoisotopic (exact) mass is 292 g/mol. The SMILES string of the molecule is FC1(F)CCC(c2noc(-c3ccnc4c3CCN4)n2)C1. The molecule has 1 unspecified atom stereocenters. The zero-order chi connectivity index (χ0) is 14.4. The Hall–Kier alpha value is -2.05. The van der Waals surface area contributed by atoms with E-state index < -0.39 is 5.92 Å². The van der Waals surface area contributed by atoms with Crippen molar-refractivity contribution in [2.75, 3.05) is 11.9 Å². The molecule has 110 valence electrons. The van der Waals surface area contributed by atoms with Crippen LogP contribution in [0, 0.1) is 0 Å². The van der Waals surface area contributed by atoms with Crippen LogP contribution < -0.4 is 5.32 Å². The van der Waals surface area contributed by atoms with Crippen LogP contribution in [0.5, 0.6) is 0 Å². The van der Waals surface area contributed by atoms with Crippen LogP contribution in [0.1, 0.15) is 36.6 Å². The highest BCUT2D eigenvalue weighted by Gasteiger charge is 2.42. The van der Waals surface area contributed by atoms with Crippen LogP contribution in [-0.4, -0.2) is 27.6 Å². The second-order valence-electron chi connectivity index (χ2n) is 5.62. The number of aromatic nitrogens is 3. The number of anilines is 1. The molecule has 21 heavy (non-hydrogen) atoms. The van der Waals surface area contributed by atoms with E-state index in [0.29, 0.717) is 18.1 Å². The minimum Gasteiger partial charge on any atom is -0.369 e. The van der Waals surface area contributed by atoms with Gasteiger partial charge in [0, 0.05) is 42.6 Å². The number of fused-ring (bicyclic) bond motifs is 1. The van der Waals surface area contributed by atoms with Crippen LogP contribution in [0.3, 0.4) is 0 Å². The van der Waals surface area contributed by atoms with Crippen molar-refractivity contribution in [1.29, 1.82) is 0 Å². The van der Waals surface area contributed by atoms with Gasteiger partial charge in [-0.2, -0.15) is 4.98 Å². The van der Waals surface area contributed by atoms with E-state index in [1.807, 2.05) is 6.07 Å². The lowest BCUT2D eigenvalue weighted by Gasteiger charge is -2.06. The molecule has 5 nitrogen and oxygen atoms in total. The number of rotatable bonds is 2. The van der Waals surface area contributed by atoms with E-state index in [0.717, 1.165) is 29.9 Å². The average molecular weight is 292 g/mol. The number of alkyl halides is 2. The minimum absolute atomic E-state index is 0.101. The van der Waals surface area contributed by atoms with Crippen molar-refractivity contribution in [3.63, 3.8) is 0 Å². The molecule has 1 aliphatic heterocycles. The van der Waals surface area contributed by atoms with Gasteiger partial charge in [0.25, 0.3) is 5.89 Å². The van der Waals surface area contributed by atoms with Gasteiger partial charge in [-0.05, 0) is 18.9 Å². The number of nitrogens with zero attached hydrogens (tertiary/aromatic N) is 3. The van der Waals surface area contributed by atoms with Crippen LogP contribution in [0.4, 0.5) is 14.6 Å². The van der Waals surface area contributed by atoms with Crippen LogP contribution >= 0.6 is 0 Å². The molecule has 1 N–H and O–H groups in total. The lowest BCUT2D eigenvalue weighted by molar-refractivity contribution is 0.00749. The molecule has 1 fully saturated rings. The third-order valence-corrected chi connectivity index (χ3v) is 4.16. The lowest BCUT2D eigenvalue weighted by atomic mass is 10.1. The van der Waals surface area contributed by atoms with Gasteiger partial charge in [-0.1, -0.05) is 5.16 Å². The second kappa shape index (κ2) is 4.47. The van der Waals surface area contributed by atoms with Crippen molar-refractivity contribution < 1.29 is 13.3 Å². The molecule has 1 aliphatic carbocycles. The highest BCUT2D eigenvalue weighted by molar-refractivity contribution is 5.68. The zero-order valence-corrected chi connectivity index (χ0v) is 11.3. The Labute approximate surface area is 119 Å². The first-order chi connectivity index (χ1) is 10.1. The van der Waals surface area contributed by atoms with E-state index in [1.54, 1.807) is 6.20 Å². The summed E-state index contributed by atoms with van der Waals surface area (Å²) in [4.78, 5) is 8.59. The topological polar surface area (TPSA) is 63.8 Å². The summed E-state index contributed by atoms with van der Waals surface area (Å²) in [5.41, 5.74) is 1.89. The lowest BCUT2D eigenvalue weighted by Crippen LogP contribution is -2.09. The quantitative estimate of drug-likeness (QED) is 0.921. The van der Waals surface area contributed by atoms with Crippen LogP contribution in [0.2, 0.25) is 0 Å². The van der Waals surface area contributed by atoms with Crippen molar-refractivity contribution >= 4 is 5.82 Å². The maximum absolute atomic E-state index is 13.3. The molecule has 0 spiro atoms. The largest absolute Gasteiger partial charge is 0.369 e. The molecule has 2 aliphatic rings. The van der Waals surface area contributed by atoms with E-state index >= 15 is 0 Å². The van der Waals surface area contributed by atoms with Crippen molar-refractivity contribution in [2.24, 2.45) is 0 Å². The van der Waals surface area contributed by atoms with E-state index in [9.17, 15) is 8.78 Å². The molecule has 1 atom stereocenters. The van der Waals surface area contributed by atoms with Gasteiger partial charge in [0.2, 0.25) is 5.92 Å². The van der Waals surface area contributed by atoms with E-state index in [-0.39, 0.29) is 18.8 Å². The minimum atomic E-state index is -2.60. The molecule has 4 rings (SSSR count). The van der Waals surface area contributed by atoms with Gasteiger partial charge in [0.15, 0.2) is 5.82 Å². The maximum atomic E-state index is 13.3. The van der Waals surface area contributed by atoms with Gasteiger partial charge in [-0.25, -0.2) is 13.8 Å². The van der Waals surface area contributed by atoms with Gasteiger partial charge in [0.05, 0.1) is 0 Å². The normalized spacial score (nSPS) is 23.0. The smallest absolute Gasteiger partial charge is 0.258 e. The predicted molar refractivity (Wildman–Crippen MR) is 71.3 cm³/mol. The van der Waals surface area contributed by atoms with Crippen LogP contribution in [0.25, 0.3) is 11.5 Å². The molecule has 3 heterocycles. The molecule has 0 aromatic carbocycles. The van der Waals surface area contributed by atoms with Gasteiger partial charge in [0.1, 0.15) is 5.82 Å². The fourth-order valence-corrected chi connectivity index (χ4v) is 3.08. The van der Waals surface area contributed by atoms with E-state index in [1.165, 1.54) is 0 Å². The summed E-state index contributed by atoms with van der Waals surface area (Å²) < 4.78 is 31.9. The molecule has 0 radical (unpaired) electrons. The Kier molecular flexibility index (Phi) is 2.70. The molecule has 0 amide bonds. The molecule has 2 aromatic rings. The first-order valence-corrected chi connectivity index (χ1v) is 7.06. The van der Waals surface area contributed by atoms with Gasteiger partial charge in [-0.3, -0.25) is 0 Å². The molecule has 2 aromatic heterocycles. The highest BCUT2D eigenvalue weighted by Crippen LogP contribution is 2.43. The summed E-state index contributed by atoms with van der Waals surface area (Å²) in [6.45, 7) is 0.829. The highest BCUT2D eigenvalue weighted by atomic mass is 19.3. The Morgan fingerprint density at radius 3 is 3.10 bits per heavy atom. The Morgan fingerprint density at radius 2 is 2.29 bits per heavy atom. The van der Waals surface area contributed by atoms with Crippen LogP contribution in [0.15, 0.2) is 16.8 Å². The van der Waals surface area contributed by atoms with Crippen molar-refractivity contribution in [3.8, 4) is 11.5 Å². The zero-order valence-electron chi connectivity index (χ0n) is 11.3. The number of hydrogen-bond donors (Lipinski definition) is 1. The van der Waals surface area contributed by atoms with Crippen molar-refractivity contribution in [2.45, 2.75) is 37.5 Å². The molecular formula is C14H14F2N4O. The van der Waals surface area contributed by atoms with Gasteiger partial charge in [-0.15, -0.1) is 0 Å². The number of halogens is 2. The Balaban J connectivity index is 1.65. The Bertz CT molecular complexity index is 685. The number of hydrogen-bond acceptors (Lipinski definition) is 5. The maximum Gasteiger partial charge on any atom is 0.258 e. The van der Waals surface area contributed by atoms with Gasteiger partial charge < -0.3 is 9.84 Å². The number of nitrogens with one attached hydrogen (secondary N) is 1. The fraction of sp³-hybridized carbons (Fsp3) is 0.500. The predicted octanol–water partition coefficient (Wildman–Crippen LogP) is 3.00. The summed E-state index contributed by atoms with van der Waals surface area (Å²) in [6, 6.07) is 1.83. The molecule has 0 bridgehead atoms. The molecular weight excluding hydrogens is 278 g/mol. The first-order valence-electron chi connectivity index (χ1n) is 7.06. The Morgan fingerprint density at radius 1 is 1.38 bits per heavy atom. The van der Waals surface area contributed by atoms with E-state index in [2.05, 4.69) is 20.4 Å². The number of pyridine rings is 1. The summed E-state index contributed by atoms with van der Waals surface area (Å²) in [5, 5.41) is 7.09. The standard InChI is InChI=1S/C14H14F2N4O/c15-14(16)4-1-8(7-14)11-19-13(21-20-11)10-3-6-18-12-9(10)2-5-17-12/h3,6,8H,1-2,4-5,7H2,(H,17,18). The second-order valence-corrected chi connectivity index (χ2v) is 5.62. The summed E-state index contributed by atoms with van der Waals surface area (Å²) in [5.74, 6) is -1.31. The van der Waals surface area contributed by atoms with Crippen LogP contribution in [-0.2, 0) is 6.42 Å². The van der Waals surface area contributed by atoms with Gasteiger partial charge >= 0.3 is 0 Å².